The molecule has 1 fully saturated rings. The lowest BCUT2D eigenvalue weighted by Crippen LogP contribution is -2.09. The fourth-order valence-electron chi connectivity index (χ4n) is 2.75. The van der Waals surface area contributed by atoms with Crippen molar-refractivity contribution >= 4 is 11.0 Å². The van der Waals surface area contributed by atoms with E-state index in [1.165, 1.54) is 36.8 Å². The number of benzene rings is 1. The third-order valence-corrected chi connectivity index (χ3v) is 3.86. The molecule has 0 N–H and O–H groups in total. The van der Waals surface area contributed by atoms with E-state index in [0.717, 1.165) is 11.5 Å². The van der Waals surface area contributed by atoms with E-state index in [4.69, 9.17) is 4.42 Å². The Labute approximate surface area is 110 Å². The van der Waals surface area contributed by atoms with Crippen LogP contribution in [0.1, 0.15) is 58.1 Å². The standard InChI is InChI=1S/C15H18O.C2H6/c1-11-6-8-12(9-7-11)15-10-13-4-2-3-5-14(13)16-15;1-2/h2-5,10-12H,6-9H2,1H3;1-2H3. The monoisotopic (exact) mass is 244 g/mol. The molecule has 1 heteroatoms. The highest BCUT2D eigenvalue weighted by molar-refractivity contribution is 5.77. The van der Waals surface area contributed by atoms with Crippen molar-refractivity contribution in [3.05, 3.63) is 36.1 Å². The van der Waals surface area contributed by atoms with Crippen LogP contribution in [0.25, 0.3) is 11.0 Å². The maximum Gasteiger partial charge on any atom is 0.134 e. The molecule has 18 heavy (non-hydrogen) atoms. The quantitative estimate of drug-likeness (QED) is 0.622. The molecule has 0 radical (unpaired) electrons. The van der Waals surface area contributed by atoms with Crippen molar-refractivity contribution in [2.24, 2.45) is 5.92 Å². The fourth-order valence-corrected chi connectivity index (χ4v) is 2.75. The van der Waals surface area contributed by atoms with Gasteiger partial charge in [-0.3, -0.25) is 0 Å². The number of furan rings is 1. The Morgan fingerprint density at radius 3 is 2.33 bits per heavy atom. The van der Waals surface area contributed by atoms with Gasteiger partial charge in [-0.1, -0.05) is 51.8 Å². The zero-order valence-electron chi connectivity index (χ0n) is 11.8. The molecule has 0 atom stereocenters. The third kappa shape index (κ3) is 2.77. The molecule has 1 aliphatic carbocycles. The second-order valence-electron chi connectivity index (χ2n) is 5.14. The van der Waals surface area contributed by atoms with E-state index in [0.29, 0.717) is 5.92 Å². The highest BCUT2D eigenvalue weighted by atomic mass is 16.3. The molecule has 0 spiro atoms. The van der Waals surface area contributed by atoms with Crippen LogP contribution in [-0.2, 0) is 0 Å². The molecule has 0 unspecified atom stereocenters. The maximum atomic E-state index is 5.94. The molecule has 0 amide bonds. The SMILES string of the molecule is CC.CC1CCC(c2cc3ccccc3o2)CC1. The molecule has 98 valence electrons. The molecular weight excluding hydrogens is 220 g/mol. The molecule has 1 heterocycles. The van der Waals surface area contributed by atoms with E-state index >= 15 is 0 Å². The van der Waals surface area contributed by atoms with Crippen LogP contribution in [0, 0.1) is 5.92 Å². The number of fused-ring (bicyclic) bond motifs is 1. The van der Waals surface area contributed by atoms with Crippen LogP contribution in [0.4, 0.5) is 0 Å². The predicted molar refractivity (Wildman–Crippen MR) is 77.9 cm³/mol. The number of para-hydroxylation sites is 1. The predicted octanol–water partition coefficient (Wildman–Crippen LogP) is 5.75. The summed E-state index contributed by atoms with van der Waals surface area (Å²) in [5.74, 6) is 2.76. The smallest absolute Gasteiger partial charge is 0.134 e. The van der Waals surface area contributed by atoms with Gasteiger partial charge in [0.1, 0.15) is 11.3 Å². The normalized spacial score (nSPS) is 23.5. The van der Waals surface area contributed by atoms with Crippen molar-refractivity contribution < 1.29 is 4.42 Å². The third-order valence-electron chi connectivity index (χ3n) is 3.86. The molecule has 0 bridgehead atoms. The van der Waals surface area contributed by atoms with Gasteiger partial charge in [0.15, 0.2) is 0 Å². The minimum atomic E-state index is 0.656. The lowest BCUT2D eigenvalue weighted by atomic mass is 9.82. The molecule has 1 aromatic carbocycles. The summed E-state index contributed by atoms with van der Waals surface area (Å²) in [6.07, 6.45) is 5.28. The average molecular weight is 244 g/mol. The molecule has 3 rings (SSSR count). The van der Waals surface area contributed by atoms with Gasteiger partial charge in [-0.25, -0.2) is 0 Å². The van der Waals surface area contributed by atoms with Crippen LogP contribution in [0.15, 0.2) is 34.7 Å². The van der Waals surface area contributed by atoms with Crippen LogP contribution >= 0.6 is 0 Å². The molecule has 1 aromatic heterocycles. The van der Waals surface area contributed by atoms with E-state index in [1.807, 2.05) is 19.9 Å². The Morgan fingerprint density at radius 1 is 1.00 bits per heavy atom. The summed E-state index contributed by atoms with van der Waals surface area (Å²) in [5.41, 5.74) is 1.04. The number of rotatable bonds is 1. The van der Waals surface area contributed by atoms with Crippen molar-refractivity contribution in [3.63, 3.8) is 0 Å². The van der Waals surface area contributed by atoms with Crippen molar-refractivity contribution in [2.75, 3.05) is 0 Å². The molecule has 2 aromatic rings. The van der Waals surface area contributed by atoms with Crippen molar-refractivity contribution in [1.29, 1.82) is 0 Å². The van der Waals surface area contributed by atoms with Crippen LogP contribution in [-0.4, -0.2) is 0 Å². The number of hydrogen-bond donors (Lipinski definition) is 0. The molecule has 0 aliphatic heterocycles. The van der Waals surface area contributed by atoms with Gasteiger partial charge in [0, 0.05) is 11.3 Å². The summed E-state index contributed by atoms with van der Waals surface area (Å²) >= 11 is 0. The Bertz CT molecular complexity index is 442. The highest BCUT2D eigenvalue weighted by Crippen LogP contribution is 2.37. The van der Waals surface area contributed by atoms with E-state index in [1.54, 1.807) is 0 Å². The first kappa shape index (κ1) is 13.2. The van der Waals surface area contributed by atoms with Gasteiger partial charge in [0.25, 0.3) is 0 Å². The second-order valence-corrected chi connectivity index (χ2v) is 5.14. The average Bonchev–Trinajstić information content (AvgIpc) is 2.85. The Balaban J connectivity index is 0.000000574. The van der Waals surface area contributed by atoms with Crippen LogP contribution in [0.5, 0.6) is 0 Å². The van der Waals surface area contributed by atoms with E-state index in [-0.39, 0.29) is 0 Å². The first-order valence-electron chi connectivity index (χ1n) is 7.31. The fraction of sp³-hybridized carbons (Fsp3) is 0.529. The van der Waals surface area contributed by atoms with E-state index in [2.05, 4.69) is 31.2 Å². The first-order valence-corrected chi connectivity index (χ1v) is 7.31. The lowest BCUT2D eigenvalue weighted by molar-refractivity contribution is 0.319. The largest absolute Gasteiger partial charge is 0.461 e. The Kier molecular flexibility index (Phi) is 4.46. The van der Waals surface area contributed by atoms with Crippen LogP contribution in [0.2, 0.25) is 0 Å². The van der Waals surface area contributed by atoms with Gasteiger partial charge in [-0.05, 0) is 30.9 Å². The summed E-state index contributed by atoms with van der Waals surface area (Å²) < 4.78 is 5.94. The summed E-state index contributed by atoms with van der Waals surface area (Å²) in [5, 5.41) is 1.25. The number of hydrogen-bond acceptors (Lipinski definition) is 1. The van der Waals surface area contributed by atoms with E-state index in [9.17, 15) is 0 Å². The topological polar surface area (TPSA) is 13.1 Å². The van der Waals surface area contributed by atoms with Gasteiger partial charge in [0.2, 0.25) is 0 Å². The maximum absolute atomic E-state index is 5.94. The van der Waals surface area contributed by atoms with Crippen molar-refractivity contribution in [1.82, 2.24) is 0 Å². The molecule has 1 nitrogen and oxygen atoms in total. The Hall–Kier alpha value is -1.24. The minimum Gasteiger partial charge on any atom is -0.461 e. The summed E-state index contributed by atoms with van der Waals surface area (Å²) in [6, 6.07) is 10.5. The summed E-state index contributed by atoms with van der Waals surface area (Å²) in [6.45, 7) is 6.36. The van der Waals surface area contributed by atoms with Gasteiger partial charge in [0.05, 0.1) is 0 Å². The van der Waals surface area contributed by atoms with Crippen LogP contribution in [0.3, 0.4) is 0 Å². The summed E-state index contributed by atoms with van der Waals surface area (Å²) in [4.78, 5) is 0. The highest BCUT2D eigenvalue weighted by Gasteiger charge is 2.22. The van der Waals surface area contributed by atoms with Gasteiger partial charge in [-0.2, -0.15) is 0 Å². The minimum absolute atomic E-state index is 0.656. The zero-order valence-corrected chi connectivity index (χ0v) is 11.8. The summed E-state index contributed by atoms with van der Waals surface area (Å²) in [7, 11) is 0. The molecule has 1 saturated carbocycles. The molecule has 1 aliphatic rings. The van der Waals surface area contributed by atoms with Crippen LogP contribution < -0.4 is 0 Å². The van der Waals surface area contributed by atoms with Gasteiger partial charge in [-0.15, -0.1) is 0 Å². The van der Waals surface area contributed by atoms with Crippen molar-refractivity contribution in [3.8, 4) is 0 Å². The van der Waals surface area contributed by atoms with Crippen molar-refractivity contribution in [2.45, 2.75) is 52.4 Å². The second kappa shape index (κ2) is 6.08. The van der Waals surface area contributed by atoms with E-state index < -0.39 is 0 Å². The van der Waals surface area contributed by atoms with Gasteiger partial charge < -0.3 is 4.42 Å². The zero-order chi connectivity index (χ0) is 13.0. The Morgan fingerprint density at radius 2 is 1.67 bits per heavy atom. The lowest BCUT2D eigenvalue weighted by Gasteiger charge is -2.24. The first-order chi connectivity index (χ1) is 8.83. The molecule has 0 saturated heterocycles. The van der Waals surface area contributed by atoms with Gasteiger partial charge >= 0.3 is 0 Å². The molecular formula is C17H24O.